The minimum absolute atomic E-state index is 0.550. The van der Waals surface area contributed by atoms with E-state index in [4.69, 9.17) is 5.11 Å². The number of rotatable bonds is 3. The zero-order chi connectivity index (χ0) is 13.1. The molecule has 7 heteroatoms. The van der Waals surface area contributed by atoms with Gasteiger partial charge in [0.2, 0.25) is 0 Å². The van der Waals surface area contributed by atoms with Crippen LogP contribution in [0.25, 0.3) is 0 Å². The van der Waals surface area contributed by atoms with Crippen molar-refractivity contribution in [2.45, 2.75) is 39.4 Å². The molecule has 0 aromatic rings. The Morgan fingerprint density at radius 1 is 1.25 bits per heavy atom. The predicted molar refractivity (Wildman–Crippen MR) is 49.7 cm³/mol. The Balaban J connectivity index is 4.70. The Hall–Kier alpha value is -1.27. The lowest BCUT2D eigenvalue weighted by atomic mass is 9.84. The molecule has 0 saturated carbocycles. The highest BCUT2D eigenvalue weighted by Gasteiger charge is 2.41. The monoisotopic (exact) mass is 241 g/mol. The van der Waals surface area contributed by atoms with Crippen LogP contribution in [0.3, 0.4) is 0 Å². The fourth-order valence-electron chi connectivity index (χ4n) is 0.988. The maximum atomic E-state index is 12.0. The van der Waals surface area contributed by atoms with Crippen molar-refractivity contribution < 1.29 is 27.9 Å². The summed E-state index contributed by atoms with van der Waals surface area (Å²) in [6, 6.07) is -1.07. The highest BCUT2D eigenvalue weighted by atomic mass is 19.4. The lowest BCUT2D eigenvalue weighted by Crippen LogP contribution is -2.49. The van der Waals surface area contributed by atoms with Crippen LogP contribution in [0.5, 0.6) is 0 Å². The largest absolute Gasteiger partial charge is 0.481 e. The minimum atomic E-state index is -5.00. The lowest BCUT2D eigenvalue weighted by Gasteiger charge is -2.30. The molecule has 4 nitrogen and oxygen atoms in total. The Labute approximate surface area is 90.8 Å². The maximum absolute atomic E-state index is 12.0. The normalized spacial score (nSPS) is 14.4. The van der Waals surface area contributed by atoms with Gasteiger partial charge in [0.15, 0.2) is 0 Å². The van der Waals surface area contributed by atoms with Gasteiger partial charge in [0.1, 0.15) is 0 Å². The molecular formula is C9H14F3NO3. The molecule has 0 bridgehead atoms. The molecule has 0 spiro atoms. The van der Waals surface area contributed by atoms with Crippen LogP contribution in [-0.2, 0) is 9.59 Å². The van der Waals surface area contributed by atoms with Crippen molar-refractivity contribution in [2.24, 2.45) is 5.41 Å². The Bertz CT molecular complexity index is 281. The summed E-state index contributed by atoms with van der Waals surface area (Å²) in [5.41, 5.74) is -0.765. The SMILES string of the molecule is CC(C)(C)[C@@H](CC(=O)O)NC(=O)C(F)(F)F. The van der Waals surface area contributed by atoms with E-state index in [1.807, 2.05) is 0 Å². The van der Waals surface area contributed by atoms with Crippen LogP contribution in [0.1, 0.15) is 27.2 Å². The third-order valence-electron chi connectivity index (χ3n) is 1.99. The van der Waals surface area contributed by atoms with E-state index >= 15 is 0 Å². The number of carbonyl (C=O) groups is 2. The average molecular weight is 241 g/mol. The number of carboxylic acid groups (broad SMARTS) is 1. The molecular weight excluding hydrogens is 227 g/mol. The predicted octanol–water partition coefficient (Wildman–Crippen LogP) is 1.55. The van der Waals surface area contributed by atoms with Gasteiger partial charge in [-0.3, -0.25) is 9.59 Å². The van der Waals surface area contributed by atoms with E-state index < -0.39 is 35.9 Å². The number of hydrogen-bond acceptors (Lipinski definition) is 2. The molecule has 0 radical (unpaired) electrons. The first-order chi connectivity index (χ1) is 6.94. The number of carboxylic acids is 1. The Morgan fingerprint density at radius 2 is 1.69 bits per heavy atom. The van der Waals surface area contributed by atoms with Crippen molar-refractivity contribution in [3.05, 3.63) is 0 Å². The number of amides is 1. The Kier molecular flexibility index (Phi) is 4.34. The molecule has 0 aliphatic heterocycles. The highest BCUT2D eigenvalue weighted by molar-refractivity contribution is 5.82. The van der Waals surface area contributed by atoms with Gasteiger partial charge >= 0.3 is 18.1 Å². The number of aliphatic carboxylic acids is 1. The van der Waals surface area contributed by atoms with Crippen LogP contribution >= 0.6 is 0 Å². The summed E-state index contributed by atoms with van der Waals surface area (Å²) in [5.74, 6) is -3.38. The first-order valence-electron chi connectivity index (χ1n) is 4.54. The third kappa shape index (κ3) is 4.99. The molecule has 0 saturated heterocycles. The van der Waals surface area contributed by atoms with E-state index in [1.165, 1.54) is 0 Å². The molecule has 0 heterocycles. The van der Waals surface area contributed by atoms with E-state index in [0.29, 0.717) is 0 Å². The molecule has 1 amide bonds. The van der Waals surface area contributed by atoms with Crippen molar-refractivity contribution >= 4 is 11.9 Å². The summed E-state index contributed by atoms with van der Waals surface area (Å²) >= 11 is 0. The molecule has 0 aliphatic carbocycles. The van der Waals surface area contributed by atoms with Gasteiger partial charge in [0, 0.05) is 6.04 Å². The molecule has 94 valence electrons. The fraction of sp³-hybridized carbons (Fsp3) is 0.778. The molecule has 1 atom stereocenters. The molecule has 0 unspecified atom stereocenters. The summed E-state index contributed by atoms with van der Waals surface area (Å²) in [5, 5.41) is 10.2. The van der Waals surface area contributed by atoms with E-state index in [0.717, 1.165) is 0 Å². The van der Waals surface area contributed by atoms with Gasteiger partial charge in [-0.15, -0.1) is 0 Å². The zero-order valence-electron chi connectivity index (χ0n) is 9.18. The summed E-state index contributed by atoms with van der Waals surface area (Å²) in [6.45, 7) is 4.66. The minimum Gasteiger partial charge on any atom is -0.481 e. The maximum Gasteiger partial charge on any atom is 0.471 e. The third-order valence-corrected chi connectivity index (χ3v) is 1.99. The van der Waals surface area contributed by atoms with Crippen LogP contribution < -0.4 is 5.32 Å². The van der Waals surface area contributed by atoms with Crippen LogP contribution in [-0.4, -0.2) is 29.2 Å². The number of alkyl halides is 3. The molecule has 2 N–H and O–H groups in total. The number of halogens is 3. The summed E-state index contributed by atoms with van der Waals surface area (Å²) < 4.78 is 35.9. The van der Waals surface area contributed by atoms with Crippen LogP contribution in [0, 0.1) is 5.41 Å². The van der Waals surface area contributed by atoms with Crippen LogP contribution in [0.2, 0.25) is 0 Å². The van der Waals surface area contributed by atoms with Gasteiger partial charge in [0.05, 0.1) is 6.42 Å². The topological polar surface area (TPSA) is 66.4 Å². The van der Waals surface area contributed by atoms with Crippen molar-refractivity contribution in [1.29, 1.82) is 0 Å². The first-order valence-corrected chi connectivity index (χ1v) is 4.54. The second-order valence-electron chi connectivity index (χ2n) is 4.49. The first kappa shape index (κ1) is 14.7. The van der Waals surface area contributed by atoms with E-state index in [9.17, 15) is 22.8 Å². The van der Waals surface area contributed by atoms with Gasteiger partial charge in [-0.1, -0.05) is 20.8 Å². The van der Waals surface area contributed by atoms with Gasteiger partial charge in [-0.25, -0.2) is 0 Å². The number of nitrogens with one attached hydrogen (secondary N) is 1. The number of carbonyl (C=O) groups excluding carboxylic acids is 1. The summed E-state index contributed by atoms with van der Waals surface area (Å²) in [7, 11) is 0. The molecule has 0 fully saturated rings. The van der Waals surface area contributed by atoms with Crippen LogP contribution in [0.15, 0.2) is 0 Å². The Morgan fingerprint density at radius 3 is 1.94 bits per heavy atom. The quantitative estimate of drug-likeness (QED) is 0.787. The average Bonchev–Trinajstić information content (AvgIpc) is 1.98. The number of hydrogen-bond donors (Lipinski definition) is 2. The van der Waals surface area contributed by atoms with Gasteiger partial charge in [-0.05, 0) is 5.41 Å². The highest BCUT2D eigenvalue weighted by Crippen LogP contribution is 2.24. The van der Waals surface area contributed by atoms with Gasteiger partial charge in [-0.2, -0.15) is 13.2 Å². The fourth-order valence-corrected chi connectivity index (χ4v) is 0.988. The van der Waals surface area contributed by atoms with E-state index in [2.05, 4.69) is 0 Å². The molecule has 0 aromatic carbocycles. The van der Waals surface area contributed by atoms with Crippen molar-refractivity contribution in [3.8, 4) is 0 Å². The van der Waals surface area contributed by atoms with Crippen LogP contribution in [0.4, 0.5) is 13.2 Å². The zero-order valence-corrected chi connectivity index (χ0v) is 9.18. The smallest absolute Gasteiger partial charge is 0.471 e. The lowest BCUT2D eigenvalue weighted by molar-refractivity contribution is -0.175. The second-order valence-corrected chi connectivity index (χ2v) is 4.49. The van der Waals surface area contributed by atoms with E-state index in [1.54, 1.807) is 26.1 Å². The second kappa shape index (κ2) is 4.71. The van der Waals surface area contributed by atoms with Crippen molar-refractivity contribution in [3.63, 3.8) is 0 Å². The molecule has 0 aromatic heterocycles. The molecule has 0 aliphatic rings. The summed E-state index contributed by atoms with van der Waals surface area (Å²) in [4.78, 5) is 21.1. The standard InChI is InChI=1S/C9H14F3NO3/c1-8(2,3)5(4-6(14)15)13-7(16)9(10,11)12/h5H,4H2,1-3H3,(H,13,16)(H,14,15)/t5-/m1/s1. The summed E-state index contributed by atoms with van der Waals surface area (Å²) in [6.07, 6.45) is -5.55. The van der Waals surface area contributed by atoms with Crippen molar-refractivity contribution in [1.82, 2.24) is 5.32 Å². The molecule has 16 heavy (non-hydrogen) atoms. The van der Waals surface area contributed by atoms with Gasteiger partial charge in [0.25, 0.3) is 0 Å². The van der Waals surface area contributed by atoms with Crippen molar-refractivity contribution in [2.75, 3.05) is 0 Å². The van der Waals surface area contributed by atoms with Gasteiger partial charge < -0.3 is 10.4 Å². The van der Waals surface area contributed by atoms with E-state index in [-0.39, 0.29) is 0 Å². The molecule has 0 rings (SSSR count).